The van der Waals surface area contributed by atoms with E-state index in [0.29, 0.717) is 12.0 Å². The Labute approximate surface area is 120 Å². The Balaban J connectivity index is 1.77. The lowest BCUT2D eigenvalue weighted by Crippen LogP contribution is -2.06. The first-order chi connectivity index (χ1) is 9.83. The molecule has 2 atom stereocenters. The van der Waals surface area contributed by atoms with Gasteiger partial charge in [0.1, 0.15) is 0 Å². The number of hydrogen-bond donors (Lipinski definition) is 0. The van der Waals surface area contributed by atoms with Crippen LogP contribution >= 0.6 is 0 Å². The molecule has 2 aromatic rings. The minimum Gasteiger partial charge on any atom is -0.281 e. The smallest absolute Gasteiger partial charge is 0.0693 e. The van der Waals surface area contributed by atoms with Gasteiger partial charge in [-0.15, -0.1) is 0 Å². The fourth-order valence-electron chi connectivity index (χ4n) is 2.71. The molecule has 0 spiro atoms. The van der Waals surface area contributed by atoms with E-state index in [-0.39, 0.29) is 0 Å². The van der Waals surface area contributed by atoms with Gasteiger partial charge in [0.15, 0.2) is 0 Å². The average Bonchev–Trinajstić information content (AvgIpc) is 2.88. The maximum atomic E-state index is 4.88. The van der Waals surface area contributed by atoms with Crippen LogP contribution in [0.25, 0.3) is 6.08 Å². The highest BCUT2D eigenvalue weighted by molar-refractivity contribution is 6.03. The molecule has 0 amide bonds. The molecule has 2 unspecified atom stereocenters. The fourth-order valence-corrected chi connectivity index (χ4v) is 2.71. The summed E-state index contributed by atoms with van der Waals surface area (Å²) in [5.74, 6) is 0.530. The van der Waals surface area contributed by atoms with Gasteiger partial charge in [0, 0.05) is 11.6 Å². The standard InChI is InChI=1S/C19H19N/c1-15-14-18(13-12-16-8-4-2-5-9-16)20-19(15)17-10-6-3-7-11-17/h2-13,15,18H,14H2,1H3/b13-12+. The summed E-state index contributed by atoms with van der Waals surface area (Å²) in [6, 6.07) is 21.2. The van der Waals surface area contributed by atoms with Gasteiger partial charge in [-0.25, -0.2) is 0 Å². The van der Waals surface area contributed by atoms with E-state index in [1.54, 1.807) is 0 Å². The van der Waals surface area contributed by atoms with Crippen LogP contribution in [0.1, 0.15) is 24.5 Å². The maximum absolute atomic E-state index is 4.88. The van der Waals surface area contributed by atoms with Crippen LogP contribution < -0.4 is 0 Å². The van der Waals surface area contributed by atoms with Crippen LogP contribution in [0.3, 0.4) is 0 Å². The zero-order valence-electron chi connectivity index (χ0n) is 11.7. The van der Waals surface area contributed by atoms with Crippen molar-refractivity contribution in [3.8, 4) is 0 Å². The number of aliphatic imine (C=N–C) groups is 1. The molecule has 1 nitrogen and oxygen atoms in total. The SMILES string of the molecule is CC1CC(/C=C/c2ccccc2)N=C1c1ccccc1. The van der Waals surface area contributed by atoms with Crippen molar-refractivity contribution in [2.75, 3.05) is 0 Å². The van der Waals surface area contributed by atoms with E-state index < -0.39 is 0 Å². The van der Waals surface area contributed by atoms with Gasteiger partial charge in [-0.3, -0.25) is 4.99 Å². The van der Waals surface area contributed by atoms with Crippen LogP contribution in [0.5, 0.6) is 0 Å². The molecule has 0 fully saturated rings. The van der Waals surface area contributed by atoms with Gasteiger partial charge >= 0.3 is 0 Å². The van der Waals surface area contributed by atoms with Crippen molar-refractivity contribution in [3.05, 3.63) is 77.9 Å². The van der Waals surface area contributed by atoms with Crippen molar-refractivity contribution in [3.63, 3.8) is 0 Å². The van der Waals surface area contributed by atoms with Gasteiger partial charge in [0.05, 0.1) is 6.04 Å². The number of nitrogens with zero attached hydrogens (tertiary/aromatic N) is 1. The van der Waals surface area contributed by atoms with Crippen LogP contribution in [0.2, 0.25) is 0 Å². The Bertz CT molecular complexity index is 611. The lowest BCUT2D eigenvalue weighted by Gasteiger charge is -2.05. The molecule has 1 aliphatic rings. The van der Waals surface area contributed by atoms with Crippen LogP contribution in [0.4, 0.5) is 0 Å². The summed E-state index contributed by atoms with van der Waals surface area (Å²) in [5.41, 5.74) is 3.74. The summed E-state index contributed by atoms with van der Waals surface area (Å²) < 4.78 is 0. The molecule has 0 saturated carbocycles. The molecule has 0 radical (unpaired) electrons. The monoisotopic (exact) mass is 261 g/mol. The first-order valence-electron chi connectivity index (χ1n) is 7.19. The molecule has 2 aromatic carbocycles. The fraction of sp³-hybridized carbons (Fsp3) is 0.211. The summed E-state index contributed by atoms with van der Waals surface area (Å²) in [5, 5.41) is 0. The third kappa shape index (κ3) is 2.88. The van der Waals surface area contributed by atoms with Crippen molar-refractivity contribution in [2.45, 2.75) is 19.4 Å². The zero-order chi connectivity index (χ0) is 13.8. The largest absolute Gasteiger partial charge is 0.281 e. The molecule has 1 heteroatoms. The molecular formula is C19H19N. The second-order valence-corrected chi connectivity index (χ2v) is 5.35. The molecule has 20 heavy (non-hydrogen) atoms. The van der Waals surface area contributed by atoms with Crippen LogP contribution in [0, 0.1) is 5.92 Å². The van der Waals surface area contributed by atoms with Crippen molar-refractivity contribution in [1.29, 1.82) is 0 Å². The van der Waals surface area contributed by atoms with Gasteiger partial charge in [0.25, 0.3) is 0 Å². The highest BCUT2D eigenvalue weighted by Gasteiger charge is 2.23. The second-order valence-electron chi connectivity index (χ2n) is 5.35. The molecular weight excluding hydrogens is 242 g/mol. The second kappa shape index (κ2) is 5.87. The molecule has 1 aliphatic heterocycles. The Morgan fingerprint density at radius 3 is 2.30 bits per heavy atom. The molecule has 0 N–H and O–H groups in total. The van der Waals surface area contributed by atoms with Crippen LogP contribution in [-0.4, -0.2) is 11.8 Å². The summed E-state index contributed by atoms with van der Waals surface area (Å²) in [6.45, 7) is 2.27. The third-order valence-electron chi connectivity index (χ3n) is 3.75. The Hall–Kier alpha value is -2.15. The highest BCUT2D eigenvalue weighted by atomic mass is 14.8. The average molecular weight is 261 g/mol. The molecule has 100 valence electrons. The first-order valence-corrected chi connectivity index (χ1v) is 7.19. The molecule has 0 aromatic heterocycles. The minimum absolute atomic E-state index is 0.306. The third-order valence-corrected chi connectivity index (χ3v) is 3.75. The molecule has 0 bridgehead atoms. The summed E-state index contributed by atoms with van der Waals surface area (Å²) in [6.07, 6.45) is 5.50. The van der Waals surface area contributed by atoms with E-state index in [0.717, 1.165) is 6.42 Å². The predicted octanol–water partition coefficient (Wildman–Crippen LogP) is 4.60. The van der Waals surface area contributed by atoms with Crippen molar-refractivity contribution >= 4 is 11.8 Å². The highest BCUT2D eigenvalue weighted by Crippen LogP contribution is 2.25. The summed E-state index contributed by atoms with van der Waals surface area (Å²) >= 11 is 0. The quantitative estimate of drug-likeness (QED) is 0.766. The van der Waals surface area contributed by atoms with Crippen LogP contribution in [-0.2, 0) is 0 Å². The van der Waals surface area contributed by atoms with Gasteiger partial charge in [-0.2, -0.15) is 0 Å². The predicted molar refractivity (Wildman–Crippen MR) is 86.0 cm³/mol. The van der Waals surface area contributed by atoms with Crippen molar-refractivity contribution in [2.24, 2.45) is 10.9 Å². The summed E-state index contributed by atoms with van der Waals surface area (Å²) in [7, 11) is 0. The van der Waals surface area contributed by atoms with E-state index in [1.807, 2.05) is 6.07 Å². The molecule has 3 rings (SSSR count). The lowest BCUT2D eigenvalue weighted by atomic mass is 9.96. The van der Waals surface area contributed by atoms with Crippen LogP contribution in [0.15, 0.2) is 71.7 Å². The Kier molecular flexibility index (Phi) is 3.78. The van der Waals surface area contributed by atoms with E-state index in [2.05, 4.69) is 73.7 Å². The number of hydrogen-bond acceptors (Lipinski definition) is 1. The summed E-state index contributed by atoms with van der Waals surface area (Å²) in [4.78, 5) is 4.88. The zero-order valence-corrected chi connectivity index (χ0v) is 11.7. The van der Waals surface area contributed by atoms with Gasteiger partial charge in [-0.05, 0) is 17.5 Å². The van der Waals surface area contributed by atoms with E-state index >= 15 is 0 Å². The van der Waals surface area contributed by atoms with Gasteiger partial charge < -0.3 is 0 Å². The number of rotatable bonds is 3. The van der Waals surface area contributed by atoms with Crippen molar-refractivity contribution < 1.29 is 0 Å². The topological polar surface area (TPSA) is 12.4 Å². The Morgan fingerprint density at radius 2 is 1.60 bits per heavy atom. The Morgan fingerprint density at radius 1 is 0.950 bits per heavy atom. The van der Waals surface area contributed by atoms with E-state index in [4.69, 9.17) is 4.99 Å². The molecule has 0 saturated heterocycles. The first kappa shape index (κ1) is 12.9. The van der Waals surface area contributed by atoms with Gasteiger partial charge in [-0.1, -0.05) is 79.7 Å². The van der Waals surface area contributed by atoms with Crippen molar-refractivity contribution in [1.82, 2.24) is 0 Å². The van der Waals surface area contributed by atoms with E-state index in [1.165, 1.54) is 16.8 Å². The molecule has 0 aliphatic carbocycles. The molecule has 1 heterocycles. The number of benzene rings is 2. The normalized spacial score (nSPS) is 22.1. The van der Waals surface area contributed by atoms with E-state index in [9.17, 15) is 0 Å². The maximum Gasteiger partial charge on any atom is 0.0693 e. The minimum atomic E-state index is 0.306. The van der Waals surface area contributed by atoms with Gasteiger partial charge in [0.2, 0.25) is 0 Å². The lowest BCUT2D eigenvalue weighted by molar-refractivity contribution is 0.683.